The molecule has 2 fully saturated rings. The van der Waals surface area contributed by atoms with Gasteiger partial charge in [0.15, 0.2) is 0 Å². The van der Waals surface area contributed by atoms with E-state index < -0.39 is 0 Å². The van der Waals surface area contributed by atoms with Crippen LogP contribution in [0.15, 0.2) is 54.1 Å². The molecule has 2 saturated heterocycles. The van der Waals surface area contributed by atoms with Gasteiger partial charge in [-0.05, 0) is 53.5 Å². The number of methoxy groups -OCH3 is 1. The van der Waals surface area contributed by atoms with Crippen molar-refractivity contribution in [1.29, 1.82) is 0 Å². The first-order chi connectivity index (χ1) is 17.6. The first kappa shape index (κ1) is 24.3. The van der Waals surface area contributed by atoms with Crippen molar-refractivity contribution in [3.63, 3.8) is 0 Å². The van der Waals surface area contributed by atoms with E-state index >= 15 is 0 Å². The number of rotatable bonds is 4. The summed E-state index contributed by atoms with van der Waals surface area (Å²) in [5, 5.41) is 3.13. The summed E-state index contributed by atoms with van der Waals surface area (Å²) in [4.78, 5) is 28.4. The molecule has 2 aliphatic heterocycles. The molecule has 0 radical (unpaired) electrons. The summed E-state index contributed by atoms with van der Waals surface area (Å²) in [6.07, 6.45) is 7.63. The molecule has 2 heterocycles. The highest BCUT2D eigenvalue weighted by atomic mass is 16.5. The van der Waals surface area contributed by atoms with E-state index in [0.717, 1.165) is 32.5 Å². The second kappa shape index (κ2) is 11.1. The summed E-state index contributed by atoms with van der Waals surface area (Å²) >= 11 is 0. The van der Waals surface area contributed by atoms with Crippen LogP contribution >= 0.6 is 0 Å². The highest BCUT2D eigenvalue weighted by Gasteiger charge is 2.28. The number of piperidine rings is 2. The smallest absolute Gasteiger partial charge is 0.409 e. The molecule has 3 aliphatic rings. The SMILES string of the molecule is COC(=O)N1CCC(C(=O)NCCN2CCC(=C3c4ccccc4C=Cc4ccccc43)CC2)CC1. The van der Waals surface area contributed by atoms with E-state index in [4.69, 9.17) is 4.74 Å². The maximum atomic E-state index is 12.6. The molecule has 1 aliphatic carbocycles. The van der Waals surface area contributed by atoms with Gasteiger partial charge in [0.05, 0.1) is 7.11 Å². The molecule has 188 valence electrons. The molecule has 2 amide bonds. The third-order valence-electron chi connectivity index (χ3n) is 7.74. The van der Waals surface area contributed by atoms with Crippen LogP contribution in [0, 0.1) is 5.92 Å². The fourth-order valence-electron chi connectivity index (χ4n) is 5.68. The quantitative estimate of drug-likeness (QED) is 0.584. The lowest BCUT2D eigenvalue weighted by molar-refractivity contribution is -0.126. The highest BCUT2D eigenvalue weighted by molar-refractivity contribution is 5.94. The Labute approximate surface area is 213 Å². The van der Waals surface area contributed by atoms with Crippen LogP contribution in [-0.2, 0) is 9.53 Å². The number of nitrogens with one attached hydrogen (secondary N) is 1. The molecule has 0 atom stereocenters. The van der Waals surface area contributed by atoms with Gasteiger partial charge >= 0.3 is 6.09 Å². The van der Waals surface area contributed by atoms with Gasteiger partial charge in [-0.15, -0.1) is 0 Å². The first-order valence-electron chi connectivity index (χ1n) is 13.1. The normalized spacial score (nSPS) is 18.3. The Morgan fingerprint density at radius 1 is 0.889 bits per heavy atom. The Morgan fingerprint density at radius 3 is 2.06 bits per heavy atom. The van der Waals surface area contributed by atoms with Gasteiger partial charge in [-0.1, -0.05) is 66.3 Å². The fourth-order valence-corrected chi connectivity index (χ4v) is 5.68. The van der Waals surface area contributed by atoms with Gasteiger partial charge in [0.1, 0.15) is 0 Å². The monoisotopic (exact) mass is 485 g/mol. The standard InChI is InChI=1S/C30H35N3O3/c1-36-30(35)33-19-14-25(15-20-33)29(34)31-16-21-32-17-12-24(13-18-32)28-26-8-4-2-6-22(26)10-11-23-7-3-5-9-27(23)28/h2-11,25H,12-21H2,1H3,(H,31,34). The molecule has 2 aromatic rings. The van der Waals surface area contributed by atoms with Gasteiger partial charge in [0.25, 0.3) is 0 Å². The van der Waals surface area contributed by atoms with Gasteiger partial charge in [-0.25, -0.2) is 4.79 Å². The maximum Gasteiger partial charge on any atom is 0.409 e. The Bertz CT molecular complexity index is 1120. The molecule has 0 saturated carbocycles. The second-order valence-corrected chi connectivity index (χ2v) is 9.85. The van der Waals surface area contributed by atoms with Crippen LogP contribution in [-0.4, -0.2) is 68.2 Å². The molecule has 36 heavy (non-hydrogen) atoms. The van der Waals surface area contributed by atoms with Gasteiger partial charge < -0.3 is 19.9 Å². The molecular formula is C30H35N3O3. The van der Waals surface area contributed by atoms with Crippen LogP contribution in [0.3, 0.4) is 0 Å². The highest BCUT2D eigenvalue weighted by Crippen LogP contribution is 2.38. The van der Waals surface area contributed by atoms with Crippen LogP contribution < -0.4 is 5.32 Å². The second-order valence-electron chi connectivity index (χ2n) is 9.85. The zero-order valence-corrected chi connectivity index (χ0v) is 21.0. The van der Waals surface area contributed by atoms with Crippen molar-refractivity contribution in [2.45, 2.75) is 25.7 Å². The summed E-state index contributed by atoms with van der Waals surface area (Å²) in [6.45, 7) is 4.70. The van der Waals surface area contributed by atoms with E-state index in [-0.39, 0.29) is 17.9 Å². The van der Waals surface area contributed by atoms with Crippen molar-refractivity contribution in [3.05, 3.63) is 76.4 Å². The summed E-state index contributed by atoms with van der Waals surface area (Å²) in [5.41, 5.74) is 8.13. The fraction of sp³-hybridized carbons (Fsp3) is 0.400. The van der Waals surface area contributed by atoms with Gasteiger partial charge in [0.2, 0.25) is 5.91 Å². The molecule has 0 bridgehead atoms. The number of amides is 2. The van der Waals surface area contributed by atoms with E-state index in [9.17, 15) is 9.59 Å². The average Bonchev–Trinajstić information content (AvgIpc) is 3.10. The summed E-state index contributed by atoms with van der Waals surface area (Å²) < 4.78 is 4.78. The third kappa shape index (κ3) is 5.24. The Balaban J connectivity index is 1.17. The van der Waals surface area contributed by atoms with Crippen molar-refractivity contribution in [2.24, 2.45) is 5.92 Å². The molecular weight excluding hydrogens is 450 g/mol. The van der Waals surface area contributed by atoms with Crippen molar-refractivity contribution < 1.29 is 14.3 Å². The van der Waals surface area contributed by atoms with E-state index in [1.54, 1.807) is 4.90 Å². The molecule has 1 N–H and O–H groups in total. The number of nitrogens with zero attached hydrogens (tertiary/aromatic N) is 2. The molecule has 0 unspecified atom stereocenters. The largest absolute Gasteiger partial charge is 0.453 e. The van der Waals surface area contributed by atoms with Gasteiger partial charge in [-0.2, -0.15) is 0 Å². The molecule has 2 aromatic carbocycles. The van der Waals surface area contributed by atoms with E-state index in [0.29, 0.717) is 32.5 Å². The Hall–Kier alpha value is -3.38. The van der Waals surface area contributed by atoms with Crippen LogP contribution in [0.4, 0.5) is 4.79 Å². The van der Waals surface area contributed by atoms with Crippen LogP contribution in [0.5, 0.6) is 0 Å². The number of hydrogen-bond donors (Lipinski definition) is 1. The number of benzene rings is 2. The number of ether oxygens (including phenoxy) is 1. The molecule has 0 spiro atoms. The minimum absolute atomic E-state index is 0.0208. The zero-order valence-electron chi connectivity index (χ0n) is 21.0. The number of carbonyl (C=O) groups excluding carboxylic acids is 2. The minimum atomic E-state index is -0.305. The summed E-state index contributed by atoms with van der Waals surface area (Å²) in [6, 6.07) is 17.4. The van der Waals surface area contributed by atoms with Gasteiger partial charge in [0, 0.05) is 45.2 Å². The molecule has 5 rings (SSSR count). The van der Waals surface area contributed by atoms with E-state index in [1.165, 1.54) is 40.5 Å². The predicted octanol–water partition coefficient (Wildman–Crippen LogP) is 4.66. The summed E-state index contributed by atoms with van der Waals surface area (Å²) in [5.74, 6) is 0.0890. The van der Waals surface area contributed by atoms with Crippen LogP contribution in [0.2, 0.25) is 0 Å². The van der Waals surface area contributed by atoms with Crippen molar-refractivity contribution >= 4 is 29.7 Å². The topological polar surface area (TPSA) is 61.9 Å². The Morgan fingerprint density at radius 2 is 1.47 bits per heavy atom. The lowest BCUT2D eigenvalue weighted by Gasteiger charge is -2.32. The zero-order chi connectivity index (χ0) is 24.9. The number of likely N-dealkylation sites (tertiary alicyclic amines) is 2. The third-order valence-corrected chi connectivity index (χ3v) is 7.74. The minimum Gasteiger partial charge on any atom is -0.453 e. The number of fused-ring (bicyclic) bond motifs is 2. The number of carbonyl (C=O) groups is 2. The average molecular weight is 486 g/mol. The summed E-state index contributed by atoms with van der Waals surface area (Å²) in [7, 11) is 1.40. The predicted molar refractivity (Wildman–Crippen MR) is 143 cm³/mol. The van der Waals surface area contributed by atoms with Crippen LogP contribution in [0.1, 0.15) is 47.9 Å². The number of hydrogen-bond acceptors (Lipinski definition) is 4. The van der Waals surface area contributed by atoms with Crippen LogP contribution in [0.25, 0.3) is 17.7 Å². The molecule has 0 aromatic heterocycles. The van der Waals surface area contributed by atoms with Crippen molar-refractivity contribution in [1.82, 2.24) is 15.1 Å². The lowest BCUT2D eigenvalue weighted by atomic mass is 9.86. The van der Waals surface area contributed by atoms with Crippen molar-refractivity contribution in [2.75, 3.05) is 46.4 Å². The van der Waals surface area contributed by atoms with Crippen molar-refractivity contribution in [3.8, 4) is 0 Å². The molecule has 6 nitrogen and oxygen atoms in total. The molecule has 6 heteroatoms. The lowest BCUT2D eigenvalue weighted by Crippen LogP contribution is -2.44. The van der Waals surface area contributed by atoms with Gasteiger partial charge in [-0.3, -0.25) is 4.79 Å². The van der Waals surface area contributed by atoms with E-state index in [1.807, 2.05) is 0 Å². The van der Waals surface area contributed by atoms with E-state index in [2.05, 4.69) is 70.9 Å². The Kier molecular flexibility index (Phi) is 7.52. The first-order valence-corrected chi connectivity index (χ1v) is 13.1. The maximum absolute atomic E-state index is 12.6.